The molecule has 0 aliphatic heterocycles. The Morgan fingerprint density at radius 1 is 1.17 bits per heavy atom. The molecular formula is C18H26N4O2. The molecular weight excluding hydrogens is 304 g/mol. The van der Waals surface area contributed by atoms with Crippen LogP contribution in [0.25, 0.3) is 0 Å². The summed E-state index contributed by atoms with van der Waals surface area (Å²) in [5.74, 6) is 1.61. The van der Waals surface area contributed by atoms with Gasteiger partial charge in [0.25, 0.3) is 0 Å². The topological polar surface area (TPSA) is 76.0 Å². The Morgan fingerprint density at radius 3 is 2.71 bits per heavy atom. The van der Waals surface area contributed by atoms with Gasteiger partial charge in [-0.25, -0.2) is 0 Å². The molecule has 2 amide bonds. The highest BCUT2D eigenvalue weighted by Crippen LogP contribution is 2.48. The smallest absolute Gasteiger partial charge is 0.241 e. The van der Waals surface area contributed by atoms with Crippen molar-refractivity contribution in [3.8, 4) is 0 Å². The molecule has 0 radical (unpaired) electrons. The average Bonchev–Trinajstić information content (AvgIpc) is 3.31. The summed E-state index contributed by atoms with van der Waals surface area (Å²) < 4.78 is 1.60. The summed E-state index contributed by atoms with van der Waals surface area (Å²) in [6, 6.07) is 0.324. The molecule has 1 aromatic rings. The molecule has 1 aromatic heterocycles. The second kappa shape index (κ2) is 6.57. The second-order valence-corrected chi connectivity index (χ2v) is 7.75. The lowest BCUT2D eigenvalue weighted by molar-refractivity contribution is -0.122. The zero-order chi connectivity index (χ0) is 16.5. The van der Waals surface area contributed by atoms with Gasteiger partial charge in [-0.15, -0.1) is 0 Å². The Balaban J connectivity index is 1.28. The molecule has 2 N–H and O–H groups in total. The van der Waals surface area contributed by atoms with Crippen LogP contribution in [-0.2, 0) is 16.1 Å². The van der Waals surface area contributed by atoms with E-state index in [9.17, 15) is 9.59 Å². The van der Waals surface area contributed by atoms with Crippen LogP contribution in [0.15, 0.2) is 12.4 Å². The van der Waals surface area contributed by atoms with Crippen LogP contribution in [0.5, 0.6) is 0 Å². The molecule has 0 spiro atoms. The standard InChI is InChI=1S/C18H26N4O2/c23-17(20-14-3-1-2-4-14)11-22-10-15(9-19-22)21-18(24)16-8-12-5-6-13(16)7-12/h9-10,12-14,16H,1-8,11H2,(H,20,23)(H,21,24). The monoisotopic (exact) mass is 330 g/mol. The molecule has 1 heterocycles. The van der Waals surface area contributed by atoms with Crippen LogP contribution < -0.4 is 10.6 Å². The first-order valence-corrected chi connectivity index (χ1v) is 9.30. The molecule has 3 saturated carbocycles. The normalized spacial score (nSPS) is 29.1. The van der Waals surface area contributed by atoms with Crippen LogP contribution in [0.4, 0.5) is 5.69 Å². The molecule has 130 valence electrons. The number of hydrogen-bond donors (Lipinski definition) is 2. The summed E-state index contributed by atoms with van der Waals surface area (Å²) in [6.07, 6.45) is 12.7. The zero-order valence-corrected chi connectivity index (χ0v) is 14.0. The highest BCUT2D eigenvalue weighted by atomic mass is 16.2. The van der Waals surface area contributed by atoms with Crippen LogP contribution in [0.2, 0.25) is 0 Å². The zero-order valence-electron chi connectivity index (χ0n) is 14.0. The van der Waals surface area contributed by atoms with Crippen molar-refractivity contribution >= 4 is 17.5 Å². The molecule has 3 aliphatic rings. The average molecular weight is 330 g/mol. The van der Waals surface area contributed by atoms with E-state index in [1.54, 1.807) is 17.1 Å². The van der Waals surface area contributed by atoms with Crippen molar-refractivity contribution in [3.05, 3.63) is 12.4 Å². The van der Waals surface area contributed by atoms with Crippen molar-refractivity contribution < 1.29 is 9.59 Å². The Hall–Kier alpha value is -1.85. The third-order valence-electron chi connectivity index (χ3n) is 6.00. The number of aromatic nitrogens is 2. The maximum Gasteiger partial charge on any atom is 0.241 e. The van der Waals surface area contributed by atoms with Gasteiger partial charge in [0.05, 0.1) is 11.9 Å². The minimum Gasteiger partial charge on any atom is -0.352 e. The Bertz CT molecular complexity index is 620. The van der Waals surface area contributed by atoms with E-state index >= 15 is 0 Å². The number of amides is 2. The fourth-order valence-corrected chi connectivity index (χ4v) is 4.81. The van der Waals surface area contributed by atoms with Crippen molar-refractivity contribution in [1.82, 2.24) is 15.1 Å². The molecule has 6 heteroatoms. The summed E-state index contributed by atoms with van der Waals surface area (Å²) >= 11 is 0. The minimum atomic E-state index is -0.00372. The van der Waals surface area contributed by atoms with Gasteiger partial charge in [-0.1, -0.05) is 19.3 Å². The van der Waals surface area contributed by atoms with Gasteiger partial charge in [-0.05, 0) is 43.9 Å². The van der Waals surface area contributed by atoms with E-state index in [2.05, 4.69) is 15.7 Å². The molecule has 6 nitrogen and oxygen atoms in total. The first kappa shape index (κ1) is 15.7. The molecule has 3 unspecified atom stereocenters. The molecule has 3 fully saturated rings. The molecule has 4 rings (SSSR count). The Labute approximate surface area is 142 Å². The lowest BCUT2D eigenvalue weighted by Gasteiger charge is -2.20. The van der Waals surface area contributed by atoms with E-state index in [0.29, 0.717) is 17.6 Å². The summed E-state index contributed by atoms with van der Waals surface area (Å²) in [7, 11) is 0. The molecule has 0 saturated heterocycles. The van der Waals surface area contributed by atoms with Crippen molar-refractivity contribution in [3.63, 3.8) is 0 Å². The van der Waals surface area contributed by atoms with Crippen molar-refractivity contribution in [2.75, 3.05) is 5.32 Å². The van der Waals surface area contributed by atoms with Crippen LogP contribution in [0, 0.1) is 17.8 Å². The molecule has 24 heavy (non-hydrogen) atoms. The van der Waals surface area contributed by atoms with E-state index in [4.69, 9.17) is 0 Å². The van der Waals surface area contributed by atoms with Gasteiger partial charge in [0.1, 0.15) is 6.54 Å². The predicted molar refractivity (Wildman–Crippen MR) is 90.2 cm³/mol. The van der Waals surface area contributed by atoms with E-state index < -0.39 is 0 Å². The van der Waals surface area contributed by atoms with Crippen molar-refractivity contribution in [1.29, 1.82) is 0 Å². The summed E-state index contributed by atoms with van der Waals surface area (Å²) in [5, 5.41) is 10.2. The summed E-state index contributed by atoms with van der Waals surface area (Å²) in [5.41, 5.74) is 0.691. The van der Waals surface area contributed by atoms with Gasteiger partial charge in [0.2, 0.25) is 11.8 Å². The lowest BCUT2D eigenvalue weighted by Crippen LogP contribution is -2.35. The van der Waals surface area contributed by atoms with E-state index in [1.165, 1.54) is 32.1 Å². The minimum absolute atomic E-state index is 0.00372. The molecule has 2 bridgehead atoms. The van der Waals surface area contributed by atoms with Gasteiger partial charge in [-0.3, -0.25) is 14.3 Å². The molecule has 0 aromatic carbocycles. The summed E-state index contributed by atoms with van der Waals surface area (Å²) in [4.78, 5) is 24.5. The van der Waals surface area contributed by atoms with Crippen LogP contribution in [0.1, 0.15) is 51.4 Å². The van der Waals surface area contributed by atoms with E-state index in [1.807, 2.05) is 0 Å². The van der Waals surface area contributed by atoms with Gasteiger partial charge < -0.3 is 10.6 Å². The number of fused-ring (bicyclic) bond motifs is 2. The Morgan fingerprint density at radius 2 is 2.00 bits per heavy atom. The van der Waals surface area contributed by atoms with Crippen LogP contribution >= 0.6 is 0 Å². The van der Waals surface area contributed by atoms with E-state index in [0.717, 1.165) is 25.2 Å². The SMILES string of the molecule is O=C(Cn1cc(NC(=O)C2CC3CCC2C3)cn1)NC1CCCC1. The van der Waals surface area contributed by atoms with Gasteiger partial charge in [0, 0.05) is 18.2 Å². The van der Waals surface area contributed by atoms with Gasteiger partial charge in [0.15, 0.2) is 0 Å². The quantitative estimate of drug-likeness (QED) is 0.870. The maximum absolute atomic E-state index is 12.4. The number of carbonyl (C=O) groups excluding carboxylic acids is 2. The van der Waals surface area contributed by atoms with Crippen molar-refractivity contribution in [2.24, 2.45) is 17.8 Å². The first-order valence-electron chi connectivity index (χ1n) is 9.30. The highest BCUT2D eigenvalue weighted by molar-refractivity contribution is 5.92. The van der Waals surface area contributed by atoms with Crippen LogP contribution in [0.3, 0.4) is 0 Å². The number of nitrogens with zero attached hydrogens (tertiary/aromatic N) is 2. The number of rotatable bonds is 5. The van der Waals surface area contributed by atoms with Gasteiger partial charge >= 0.3 is 0 Å². The van der Waals surface area contributed by atoms with Crippen LogP contribution in [-0.4, -0.2) is 27.6 Å². The Kier molecular flexibility index (Phi) is 4.29. The largest absolute Gasteiger partial charge is 0.352 e. The highest BCUT2D eigenvalue weighted by Gasteiger charge is 2.43. The van der Waals surface area contributed by atoms with Crippen molar-refractivity contribution in [2.45, 2.75) is 64.0 Å². The number of carbonyl (C=O) groups is 2. The van der Waals surface area contributed by atoms with Gasteiger partial charge in [-0.2, -0.15) is 5.10 Å². The number of anilines is 1. The number of nitrogens with one attached hydrogen (secondary N) is 2. The van der Waals surface area contributed by atoms with E-state index in [-0.39, 0.29) is 24.3 Å². The second-order valence-electron chi connectivity index (χ2n) is 7.75. The molecule has 3 atom stereocenters. The maximum atomic E-state index is 12.4. The third kappa shape index (κ3) is 3.32. The fraction of sp³-hybridized carbons (Fsp3) is 0.722. The fourth-order valence-electron chi connectivity index (χ4n) is 4.81. The first-order chi connectivity index (χ1) is 11.7. The molecule has 3 aliphatic carbocycles. The third-order valence-corrected chi connectivity index (χ3v) is 6.00. The summed E-state index contributed by atoms with van der Waals surface area (Å²) in [6.45, 7) is 0.209. The number of hydrogen-bond acceptors (Lipinski definition) is 3. The lowest BCUT2D eigenvalue weighted by atomic mass is 9.88. The predicted octanol–water partition coefficient (Wildman–Crippen LogP) is 2.32.